The second-order valence-electron chi connectivity index (χ2n) is 6.36. The quantitative estimate of drug-likeness (QED) is 0.421. The summed E-state index contributed by atoms with van der Waals surface area (Å²) in [4.78, 5) is 42.7. The molecule has 0 bridgehead atoms. The molecule has 0 fully saturated rings. The third-order valence-electron chi connectivity index (χ3n) is 4.36. The highest BCUT2D eigenvalue weighted by Gasteiger charge is 2.33. The topological polar surface area (TPSA) is 101 Å². The predicted octanol–water partition coefficient (Wildman–Crippen LogP) is 4.36. The van der Waals surface area contributed by atoms with Crippen LogP contribution in [0.3, 0.4) is 0 Å². The molecule has 0 aliphatic carbocycles. The number of carbonyl (C=O) groups excluding carboxylic acids is 3. The zero-order valence-corrected chi connectivity index (χ0v) is 18.4. The first-order valence-electron chi connectivity index (χ1n) is 8.94. The summed E-state index contributed by atoms with van der Waals surface area (Å²) in [6, 6.07) is 11.2. The van der Waals surface area contributed by atoms with Crippen molar-refractivity contribution in [1.82, 2.24) is 9.71 Å². The molecule has 0 atom stereocenters. The molecule has 3 heterocycles. The molecule has 0 unspecified atom stereocenters. The van der Waals surface area contributed by atoms with Gasteiger partial charge in [-0.15, -0.1) is 11.3 Å². The van der Waals surface area contributed by atoms with Crippen molar-refractivity contribution < 1.29 is 19.1 Å². The lowest BCUT2D eigenvalue weighted by molar-refractivity contribution is -0.117. The number of nitrogens with zero attached hydrogens (tertiary/aromatic N) is 2. The number of aromatic nitrogens is 1. The molecule has 11 heteroatoms. The summed E-state index contributed by atoms with van der Waals surface area (Å²) in [5.41, 5.74) is 1.45. The molecule has 1 aliphatic heterocycles. The number of thiophene rings is 1. The number of carbonyl (C=O) groups is 3. The van der Waals surface area contributed by atoms with Gasteiger partial charge in [-0.25, -0.2) is 14.7 Å². The van der Waals surface area contributed by atoms with Gasteiger partial charge < -0.3 is 10.1 Å². The molecule has 0 radical (unpaired) electrons. The molecule has 4 amide bonds. The summed E-state index contributed by atoms with van der Waals surface area (Å²) in [5.74, 6) is -0.0708. The molecule has 0 saturated heterocycles. The minimum absolute atomic E-state index is 0.0618. The molecule has 158 valence electrons. The number of amides is 4. The zero-order valence-electron chi connectivity index (χ0n) is 16.0. The number of benzene rings is 1. The van der Waals surface area contributed by atoms with Crippen LogP contribution in [0.15, 0.2) is 52.9 Å². The summed E-state index contributed by atoms with van der Waals surface area (Å²) in [6.07, 6.45) is 1.44. The van der Waals surface area contributed by atoms with Crippen molar-refractivity contribution in [2.45, 2.75) is 10.6 Å². The average Bonchev–Trinajstić information content (AvgIpc) is 3.18. The summed E-state index contributed by atoms with van der Waals surface area (Å²) < 4.78 is 9.26. The van der Waals surface area contributed by atoms with Crippen LogP contribution in [0, 0.1) is 0 Å². The molecule has 1 aliphatic rings. The average molecular weight is 475 g/mol. The first-order chi connectivity index (χ1) is 14.9. The van der Waals surface area contributed by atoms with Crippen LogP contribution in [0.4, 0.5) is 16.3 Å². The van der Waals surface area contributed by atoms with E-state index >= 15 is 0 Å². The van der Waals surface area contributed by atoms with Gasteiger partial charge in [-0.2, -0.15) is 0 Å². The number of rotatable bonds is 5. The van der Waals surface area contributed by atoms with Crippen LogP contribution < -0.4 is 19.7 Å². The Bertz CT molecular complexity index is 1170. The maximum atomic E-state index is 12.8. The van der Waals surface area contributed by atoms with E-state index in [2.05, 4.69) is 15.0 Å². The van der Waals surface area contributed by atoms with Crippen LogP contribution in [0.25, 0.3) is 0 Å². The van der Waals surface area contributed by atoms with E-state index in [1.165, 1.54) is 30.7 Å². The SMILES string of the molecule is COc1ccc2c(c1)CC(=O)N(c1ccc(NC(=O)NSc3ccc(Cl)s3)cn1)C2=O. The lowest BCUT2D eigenvalue weighted by Gasteiger charge is -2.26. The van der Waals surface area contributed by atoms with E-state index in [1.807, 2.05) is 0 Å². The van der Waals surface area contributed by atoms with Crippen LogP contribution in [0.1, 0.15) is 15.9 Å². The van der Waals surface area contributed by atoms with E-state index in [-0.39, 0.29) is 18.1 Å². The smallest absolute Gasteiger partial charge is 0.329 e. The van der Waals surface area contributed by atoms with Gasteiger partial charge in [-0.3, -0.25) is 14.3 Å². The van der Waals surface area contributed by atoms with Crippen LogP contribution in [0.2, 0.25) is 4.34 Å². The van der Waals surface area contributed by atoms with Crippen molar-refractivity contribution in [1.29, 1.82) is 0 Å². The molecule has 3 aromatic rings. The van der Waals surface area contributed by atoms with Crippen molar-refractivity contribution in [3.8, 4) is 5.75 Å². The van der Waals surface area contributed by atoms with Crippen LogP contribution in [-0.2, 0) is 11.2 Å². The van der Waals surface area contributed by atoms with Gasteiger partial charge in [-0.05, 0) is 60.0 Å². The van der Waals surface area contributed by atoms with Gasteiger partial charge in [-0.1, -0.05) is 11.6 Å². The highest BCUT2D eigenvalue weighted by molar-refractivity contribution is 7.99. The Labute approximate surface area is 190 Å². The van der Waals surface area contributed by atoms with Gasteiger partial charge in [0.05, 0.1) is 34.0 Å². The first kappa shape index (κ1) is 21.2. The third-order valence-corrected chi connectivity index (χ3v) is 6.52. The monoisotopic (exact) mass is 474 g/mol. The summed E-state index contributed by atoms with van der Waals surface area (Å²) in [5, 5.41) is 2.64. The first-order valence-corrected chi connectivity index (χ1v) is 10.9. The molecular formula is C20H15ClN4O4S2. The van der Waals surface area contributed by atoms with Crippen LogP contribution >= 0.6 is 34.9 Å². The van der Waals surface area contributed by atoms with Gasteiger partial charge >= 0.3 is 6.03 Å². The van der Waals surface area contributed by atoms with Crippen LogP contribution in [-0.4, -0.2) is 29.9 Å². The Morgan fingerprint density at radius 2 is 2.06 bits per heavy atom. The molecule has 2 N–H and O–H groups in total. The maximum Gasteiger partial charge on any atom is 0.329 e. The molecule has 8 nitrogen and oxygen atoms in total. The molecule has 4 rings (SSSR count). The molecule has 1 aromatic carbocycles. The number of pyridine rings is 1. The second kappa shape index (κ2) is 8.96. The fraction of sp³-hybridized carbons (Fsp3) is 0.100. The number of methoxy groups -OCH3 is 1. The van der Waals surface area contributed by atoms with E-state index in [1.54, 1.807) is 36.4 Å². The number of urea groups is 1. The van der Waals surface area contributed by atoms with Crippen molar-refractivity contribution in [2.75, 3.05) is 17.3 Å². The number of halogens is 1. The molecular weight excluding hydrogens is 460 g/mol. The van der Waals surface area contributed by atoms with E-state index in [0.29, 0.717) is 26.9 Å². The van der Waals surface area contributed by atoms with Gasteiger partial charge in [0, 0.05) is 5.56 Å². The number of anilines is 2. The normalized spacial score (nSPS) is 13.0. The van der Waals surface area contributed by atoms with Gasteiger partial charge in [0.25, 0.3) is 5.91 Å². The summed E-state index contributed by atoms with van der Waals surface area (Å²) in [7, 11) is 1.52. The van der Waals surface area contributed by atoms with Crippen molar-refractivity contribution >= 4 is 64.2 Å². The lowest BCUT2D eigenvalue weighted by Crippen LogP contribution is -2.43. The third kappa shape index (κ3) is 4.66. The van der Waals surface area contributed by atoms with E-state index in [9.17, 15) is 14.4 Å². The Balaban J connectivity index is 1.43. The van der Waals surface area contributed by atoms with Crippen LogP contribution in [0.5, 0.6) is 5.75 Å². The number of hydrogen-bond acceptors (Lipinski definition) is 7. The Morgan fingerprint density at radius 1 is 1.23 bits per heavy atom. The standard InChI is InChI=1S/C20H15ClN4O4S2/c1-29-13-3-4-14-11(8-13)9-17(26)25(19(14)27)16-6-2-12(10-22-16)23-20(28)24-31-18-7-5-15(21)30-18/h2-8,10H,9H2,1H3,(H2,23,24,28). The number of nitrogens with one attached hydrogen (secondary N) is 2. The molecule has 0 saturated carbocycles. The van der Waals surface area contributed by atoms with Gasteiger partial charge in [0.1, 0.15) is 11.6 Å². The van der Waals surface area contributed by atoms with E-state index in [4.69, 9.17) is 16.3 Å². The summed E-state index contributed by atoms with van der Waals surface area (Å²) >= 11 is 8.34. The number of ether oxygens (including phenoxy) is 1. The zero-order chi connectivity index (χ0) is 22.0. The lowest BCUT2D eigenvalue weighted by atomic mass is 9.98. The van der Waals surface area contributed by atoms with Crippen molar-refractivity contribution in [3.05, 3.63) is 64.1 Å². The second-order valence-corrected chi connectivity index (χ2v) is 9.18. The van der Waals surface area contributed by atoms with E-state index < -0.39 is 11.9 Å². The fourth-order valence-corrected chi connectivity index (χ4v) is 4.81. The molecule has 2 aromatic heterocycles. The Hall–Kier alpha value is -3.08. The van der Waals surface area contributed by atoms with Gasteiger partial charge in [0.15, 0.2) is 0 Å². The molecule has 31 heavy (non-hydrogen) atoms. The fourth-order valence-electron chi connectivity index (χ4n) is 2.96. The number of imide groups is 1. The van der Waals surface area contributed by atoms with Crippen molar-refractivity contribution in [2.24, 2.45) is 0 Å². The largest absolute Gasteiger partial charge is 0.497 e. The minimum Gasteiger partial charge on any atom is -0.497 e. The maximum absolute atomic E-state index is 12.8. The number of hydrogen-bond donors (Lipinski definition) is 2. The predicted molar refractivity (Wildman–Crippen MR) is 120 cm³/mol. The Kier molecular flexibility index (Phi) is 6.12. The highest BCUT2D eigenvalue weighted by atomic mass is 35.5. The molecule has 0 spiro atoms. The minimum atomic E-state index is -0.453. The highest BCUT2D eigenvalue weighted by Crippen LogP contribution is 2.29. The Morgan fingerprint density at radius 3 is 2.74 bits per heavy atom. The van der Waals surface area contributed by atoms with Crippen molar-refractivity contribution in [3.63, 3.8) is 0 Å². The van der Waals surface area contributed by atoms with E-state index in [0.717, 1.165) is 21.1 Å². The summed E-state index contributed by atoms with van der Waals surface area (Å²) in [6.45, 7) is 0. The van der Waals surface area contributed by atoms with Gasteiger partial charge in [0.2, 0.25) is 5.91 Å². The number of fused-ring (bicyclic) bond motifs is 1.